The molecule has 1 N–H and O–H groups in total. The zero-order valence-electron chi connectivity index (χ0n) is 21.9. The van der Waals surface area contributed by atoms with Gasteiger partial charge in [-0.1, -0.05) is 68.5 Å². The maximum absolute atomic E-state index is 14.6. The first kappa shape index (κ1) is 25.2. The van der Waals surface area contributed by atoms with Crippen LogP contribution in [-0.4, -0.2) is 81.5 Å². The molecule has 0 aliphatic carbocycles. The van der Waals surface area contributed by atoms with E-state index in [9.17, 15) is 19.5 Å². The normalized spacial score (nSPS) is 31.5. The van der Waals surface area contributed by atoms with Crippen molar-refractivity contribution in [1.82, 2.24) is 9.80 Å². The van der Waals surface area contributed by atoms with Crippen molar-refractivity contribution in [2.24, 2.45) is 17.8 Å². The maximum Gasteiger partial charge on any atom is 0.251 e. The highest BCUT2D eigenvalue weighted by Crippen LogP contribution is 2.61. The fourth-order valence-corrected chi connectivity index (χ4v) is 8.75. The van der Waals surface area contributed by atoms with Crippen LogP contribution in [0, 0.1) is 17.8 Å². The lowest BCUT2D eigenvalue weighted by Crippen LogP contribution is -2.57. The van der Waals surface area contributed by atoms with Gasteiger partial charge in [0.15, 0.2) is 0 Å². The molecule has 4 aliphatic rings. The smallest absolute Gasteiger partial charge is 0.251 e. The van der Waals surface area contributed by atoms with Gasteiger partial charge in [-0.15, -0.1) is 11.8 Å². The lowest BCUT2D eigenvalue weighted by Gasteiger charge is -2.39. The second-order valence-electron chi connectivity index (χ2n) is 11.1. The molecule has 2 fully saturated rings. The number of carbonyl (C=O) groups is 3. The number of amides is 3. The Balaban J connectivity index is 1.50. The molecule has 2 aromatic rings. The summed E-state index contributed by atoms with van der Waals surface area (Å²) < 4.78 is -0.893. The molecule has 1 unspecified atom stereocenters. The summed E-state index contributed by atoms with van der Waals surface area (Å²) in [5.74, 6) is -1.75. The van der Waals surface area contributed by atoms with Crippen molar-refractivity contribution in [2.45, 2.75) is 35.9 Å². The minimum Gasteiger partial charge on any atom is -0.394 e. The number of rotatable bonds is 4. The number of carbonyl (C=O) groups excluding carboxylic acids is 3. The van der Waals surface area contributed by atoms with Gasteiger partial charge in [-0.2, -0.15) is 0 Å². The molecule has 3 amide bonds. The lowest BCUT2D eigenvalue weighted by atomic mass is 9.78. The molecule has 6 atom stereocenters. The first-order chi connectivity index (χ1) is 18.3. The summed E-state index contributed by atoms with van der Waals surface area (Å²) in [6.07, 6.45) is 8.03. The third-order valence-electron chi connectivity index (χ3n) is 8.66. The van der Waals surface area contributed by atoms with E-state index in [1.807, 2.05) is 80.6 Å². The van der Waals surface area contributed by atoms with E-state index in [1.54, 1.807) is 33.5 Å². The van der Waals surface area contributed by atoms with Gasteiger partial charge in [0, 0.05) is 31.1 Å². The SMILES string of the molecule is CC(C)[C@H](CO)N1C(=O)[C@@H]2[C@@H]3C(=O)N(C)CC=C[C@@H]3S[C@@]23C=CCN(c2ccc4ccccc4c2)C(=O)C13. The summed E-state index contributed by atoms with van der Waals surface area (Å²) in [6, 6.07) is 12.6. The lowest BCUT2D eigenvalue weighted by molar-refractivity contribution is -0.144. The van der Waals surface area contributed by atoms with Crippen LogP contribution >= 0.6 is 11.8 Å². The van der Waals surface area contributed by atoms with Crippen LogP contribution in [-0.2, 0) is 14.4 Å². The van der Waals surface area contributed by atoms with E-state index < -0.39 is 28.7 Å². The number of benzene rings is 2. The van der Waals surface area contributed by atoms with Gasteiger partial charge >= 0.3 is 0 Å². The van der Waals surface area contributed by atoms with Gasteiger partial charge in [0.25, 0.3) is 5.91 Å². The number of hydrogen-bond donors (Lipinski definition) is 1. The van der Waals surface area contributed by atoms with Gasteiger partial charge in [0.1, 0.15) is 6.04 Å². The Hall–Kier alpha value is -3.10. The van der Waals surface area contributed by atoms with E-state index in [1.165, 1.54) is 0 Å². The Bertz CT molecular complexity index is 1370. The van der Waals surface area contributed by atoms with Gasteiger partial charge in [-0.3, -0.25) is 14.4 Å². The van der Waals surface area contributed by atoms with Crippen LogP contribution in [0.25, 0.3) is 10.8 Å². The van der Waals surface area contributed by atoms with Crippen molar-refractivity contribution in [3.63, 3.8) is 0 Å². The largest absolute Gasteiger partial charge is 0.394 e. The molecule has 0 bridgehead atoms. The molecule has 0 radical (unpaired) electrons. The van der Waals surface area contributed by atoms with E-state index in [0.29, 0.717) is 13.1 Å². The maximum atomic E-state index is 14.6. The molecule has 198 valence electrons. The third kappa shape index (κ3) is 3.57. The molecule has 8 heteroatoms. The number of fused-ring (bicyclic) bond motifs is 3. The van der Waals surface area contributed by atoms with E-state index in [-0.39, 0.29) is 35.5 Å². The first-order valence-electron chi connectivity index (χ1n) is 13.3. The summed E-state index contributed by atoms with van der Waals surface area (Å²) in [5.41, 5.74) is 0.768. The highest BCUT2D eigenvalue weighted by Gasteiger charge is 2.71. The first-order valence-corrected chi connectivity index (χ1v) is 14.2. The van der Waals surface area contributed by atoms with E-state index in [4.69, 9.17) is 0 Å². The molecular formula is C30H33N3O4S. The predicted molar refractivity (Wildman–Crippen MR) is 150 cm³/mol. The highest BCUT2D eigenvalue weighted by atomic mass is 32.2. The summed E-state index contributed by atoms with van der Waals surface area (Å²) in [6.45, 7) is 4.53. The Morgan fingerprint density at radius 3 is 2.50 bits per heavy atom. The zero-order valence-corrected chi connectivity index (χ0v) is 22.7. The second kappa shape index (κ2) is 9.27. The molecule has 38 heavy (non-hydrogen) atoms. The van der Waals surface area contributed by atoms with Crippen LogP contribution in [0.15, 0.2) is 66.8 Å². The van der Waals surface area contributed by atoms with Crippen molar-refractivity contribution in [3.8, 4) is 0 Å². The minimum absolute atomic E-state index is 0.0649. The van der Waals surface area contributed by atoms with E-state index in [2.05, 4.69) is 0 Å². The molecule has 4 aliphatic heterocycles. The van der Waals surface area contributed by atoms with Gasteiger partial charge < -0.3 is 19.8 Å². The van der Waals surface area contributed by atoms with Crippen LogP contribution in [0.2, 0.25) is 0 Å². The molecule has 6 rings (SSSR count). The molecule has 4 heterocycles. The number of likely N-dealkylation sites (tertiary alicyclic amines) is 1. The van der Waals surface area contributed by atoms with E-state index in [0.717, 1.165) is 16.5 Å². The summed E-state index contributed by atoms with van der Waals surface area (Å²) in [5, 5.41) is 12.4. The van der Waals surface area contributed by atoms with Gasteiger partial charge in [-0.25, -0.2) is 0 Å². The van der Waals surface area contributed by atoms with Crippen LogP contribution < -0.4 is 4.90 Å². The second-order valence-corrected chi connectivity index (χ2v) is 12.6. The van der Waals surface area contributed by atoms with Gasteiger partial charge in [0.2, 0.25) is 11.8 Å². The topological polar surface area (TPSA) is 81.2 Å². The highest BCUT2D eigenvalue weighted by molar-refractivity contribution is 8.02. The fourth-order valence-electron chi connectivity index (χ4n) is 6.76. The number of nitrogens with zero attached hydrogens (tertiary/aromatic N) is 3. The molecule has 0 saturated carbocycles. The van der Waals surface area contributed by atoms with Crippen molar-refractivity contribution in [3.05, 3.63) is 66.8 Å². The Morgan fingerprint density at radius 1 is 1.00 bits per heavy atom. The molecule has 7 nitrogen and oxygen atoms in total. The third-order valence-corrected chi connectivity index (χ3v) is 10.4. The molecule has 1 spiro atoms. The van der Waals surface area contributed by atoms with Crippen LogP contribution in [0.1, 0.15) is 13.8 Å². The molecular weight excluding hydrogens is 498 g/mol. The van der Waals surface area contributed by atoms with E-state index >= 15 is 0 Å². The number of aliphatic hydroxyl groups is 1. The summed E-state index contributed by atoms with van der Waals surface area (Å²) >= 11 is 1.57. The summed E-state index contributed by atoms with van der Waals surface area (Å²) in [4.78, 5) is 47.6. The molecule has 0 aromatic heterocycles. The van der Waals surface area contributed by atoms with Crippen LogP contribution in [0.4, 0.5) is 5.69 Å². The van der Waals surface area contributed by atoms with Crippen molar-refractivity contribution in [1.29, 1.82) is 0 Å². The predicted octanol–water partition coefficient (Wildman–Crippen LogP) is 3.09. The molecule has 2 aromatic carbocycles. The monoisotopic (exact) mass is 531 g/mol. The summed E-state index contributed by atoms with van der Waals surface area (Å²) in [7, 11) is 1.76. The standard InChI is InChI=1S/C30H33N3O4S/c1-18(2)22(17-34)33-26-29(37)32(21-12-11-19-8-4-5-9-20(19)16-21)15-7-13-30(26)25(28(33)36)24-23(38-30)10-6-14-31(3)27(24)35/h4-13,16,18,22-26,34H,14-15,17H2,1-3H3/t22-,23-,24+,25-,26?,30-/m0/s1. The van der Waals surface area contributed by atoms with Crippen LogP contribution in [0.3, 0.4) is 0 Å². The number of hydrogen-bond acceptors (Lipinski definition) is 5. The van der Waals surface area contributed by atoms with Crippen molar-refractivity contribution < 1.29 is 19.5 Å². The number of thioether (sulfide) groups is 1. The Morgan fingerprint density at radius 2 is 1.76 bits per heavy atom. The van der Waals surface area contributed by atoms with Crippen molar-refractivity contribution in [2.75, 3.05) is 31.6 Å². The van der Waals surface area contributed by atoms with Gasteiger partial charge in [0.05, 0.1) is 29.2 Å². The number of aliphatic hydroxyl groups excluding tert-OH is 1. The van der Waals surface area contributed by atoms with Crippen LogP contribution in [0.5, 0.6) is 0 Å². The number of anilines is 1. The quantitative estimate of drug-likeness (QED) is 0.614. The fraction of sp³-hybridized carbons (Fsp3) is 0.433. The average molecular weight is 532 g/mol. The van der Waals surface area contributed by atoms with Gasteiger partial charge in [-0.05, 0) is 28.8 Å². The van der Waals surface area contributed by atoms with Crippen molar-refractivity contribution >= 4 is 45.9 Å². The zero-order chi connectivity index (χ0) is 26.8. The average Bonchev–Trinajstić information content (AvgIpc) is 3.23. The Kier molecular flexibility index (Phi) is 6.15. The molecule has 2 saturated heterocycles. The minimum atomic E-state index is -0.893. The number of likely N-dealkylation sites (N-methyl/N-ethyl adjacent to an activating group) is 1. The Labute approximate surface area is 227 Å².